The zero-order valence-electron chi connectivity index (χ0n) is 19.2. The highest BCUT2D eigenvalue weighted by Gasteiger charge is 2.33. The standard InChI is InChI=1S/C24H18ClF2N9O/c1-11-6-18(15-9-29-24(31-15)13-2-5-19(28)32-23(13)27)36-17(11)7-12(8-20(36)37)21-16(35-10-30-33-34-35)4-3-14(25)22(21)26/h2-5,7-11,18H,6H2,1H3,(H2,28,32)(H,29,31)/t11-,18-/m0/s1. The summed E-state index contributed by atoms with van der Waals surface area (Å²) in [6.07, 6.45) is 3.49. The van der Waals surface area contributed by atoms with Crippen LogP contribution in [0.5, 0.6) is 0 Å². The first-order valence-corrected chi connectivity index (χ1v) is 11.6. The van der Waals surface area contributed by atoms with Crippen molar-refractivity contribution in [1.82, 2.24) is 39.7 Å². The summed E-state index contributed by atoms with van der Waals surface area (Å²) in [6, 6.07) is 8.73. The molecule has 1 aliphatic heterocycles. The number of imidazole rings is 1. The zero-order chi connectivity index (χ0) is 25.8. The van der Waals surface area contributed by atoms with Gasteiger partial charge in [0.2, 0.25) is 5.95 Å². The molecule has 3 N–H and O–H groups in total. The van der Waals surface area contributed by atoms with E-state index in [0.29, 0.717) is 29.1 Å². The minimum atomic E-state index is -0.746. The molecule has 5 aromatic rings. The lowest BCUT2D eigenvalue weighted by molar-refractivity contribution is 0.570. The number of nitrogen functional groups attached to an aromatic ring is 1. The van der Waals surface area contributed by atoms with Crippen LogP contribution in [0.25, 0.3) is 28.2 Å². The number of H-pyrrole nitrogens is 1. The molecule has 0 fully saturated rings. The molecule has 6 rings (SSSR count). The molecule has 0 unspecified atom stereocenters. The number of aromatic amines is 1. The largest absolute Gasteiger partial charge is 0.384 e. The molecule has 5 heterocycles. The molecule has 0 saturated heterocycles. The Morgan fingerprint density at radius 3 is 2.78 bits per heavy atom. The Hall–Kier alpha value is -4.45. The number of nitrogens with zero attached hydrogens (tertiary/aromatic N) is 7. The van der Waals surface area contributed by atoms with Crippen molar-refractivity contribution in [1.29, 1.82) is 0 Å². The number of halogens is 3. The van der Waals surface area contributed by atoms with E-state index in [1.165, 1.54) is 35.3 Å². The molecule has 186 valence electrons. The van der Waals surface area contributed by atoms with Crippen LogP contribution in [-0.2, 0) is 0 Å². The van der Waals surface area contributed by atoms with Gasteiger partial charge in [-0.3, -0.25) is 4.79 Å². The number of benzene rings is 1. The van der Waals surface area contributed by atoms with Gasteiger partial charge < -0.3 is 15.3 Å². The van der Waals surface area contributed by atoms with Gasteiger partial charge in [-0.05, 0) is 58.7 Å². The van der Waals surface area contributed by atoms with E-state index >= 15 is 4.39 Å². The summed E-state index contributed by atoms with van der Waals surface area (Å²) in [4.78, 5) is 24.5. The first-order chi connectivity index (χ1) is 17.8. The van der Waals surface area contributed by atoms with E-state index in [1.807, 2.05) is 6.92 Å². The smallest absolute Gasteiger partial charge is 0.251 e. The monoisotopic (exact) mass is 521 g/mol. The van der Waals surface area contributed by atoms with Gasteiger partial charge in [-0.2, -0.15) is 9.07 Å². The van der Waals surface area contributed by atoms with Crippen molar-refractivity contribution in [2.45, 2.75) is 25.3 Å². The fraction of sp³-hybridized carbons (Fsp3) is 0.167. The maximum absolute atomic E-state index is 15.3. The molecular weight excluding hydrogens is 504 g/mol. The Morgan fingerprint density at radius 1 is 1.19 bits per heavy atom. The molecule has 0 radical (unpaired) electrons. The summed E-state index contributed by atoms with van der Waals surface area (Å²) in [5, 5.41) is 11.0. The summed E-state index contributed by atoms with van der Waals surface area (Å²) in [7, 11) is 0. The fourth-order valence-electron chi connectivity index (χ4n) is 4.83. The van der Waals surface area contributed by atoms with E-state index in [1.54, 1.807) is 22.9 Å². The highest BCUT2D eigenvalue weighted by atomic mass is 35.5. The van der Waals surface area contributed by atoms with Gasteiger partial charge >= 0.3 is 0 Å². The van der Waals surface area contributed by atoms with Crippen molar-refractivity contribution in [3.8, 4) is 28.2 Å². The van der Waals surface area contributed by atoms with Crippen LogP contribution in [0.1, 0.15) is 36.7 Å². The first kappa shape index (κ1) is 23.0. The van der Waals surface area contributed by atoms with E-state index in [4.69, 9.17) is 17.3 Å². The highest BCUT2D eigenvalue weighted by molar-refractivity contribution is 6.31. The van der Waals surface area contributed by atoms with Crippen LogP contribution < -0.4 is 11.3 Å². The molecule has 2 atom stereocenters. The molecule has 0 spiro atoms. The van der Waals surface area contributed by atoms with Gasteiger partial charge in [-0.25, -0.2) is 14.4 Å². The van der Waals surface area contributed by atoms with E-state index < -0.39 is 11.8 Å². The maximum Gasteiger partial charge on any atom is 0.251 e. The number of hydrogen-bond acceptors (Lipinski definition) is 7. The number of hydrogen-bond donors (Lipinski definition) is 2. The molecule has 4 aromatic heterocycles. The van der Waals surface area contributed by atoms with Crippen molar-refractivity contribution in [3.63, 3.8) is 0 Å². The molecule has 0 amide bonds. The van der Waals surface area contributed by atoms with Crippen molar-refractivity contribution in [3.05, 3.63) is 87.5 Å². The Morgan fingerprint density at radius 2 is 2.03 bits per heavy atom. The molecule has 13 heteroatoms. The van der Waals surface area contributed by atoms with Gasteiger partial charge in [0, 0.05) is 17.3 Å². The van der Waals surface area contributed by atoms with Crippen LogP contribution >= 0.6 is 11.6 Å². The highest BCUT2D eigenvalue weighted by Crippen LogP contribution is 2.41. The average Bonchev–Trinajstić information content (AvgIpc) is 3.62. The Bertz CT molecular complexity index is 1710. The van der Waals surface area contributed by atoms with E-state index in [-0.39, 0.29) is 45.3 Å². The first-order valence-electron chi connectivity index (χ1n) is 11.3. The van der Waals surface area contributed by atoms with Crippen LogP contribution in [0.15, 0.2) is 53.7 Å². The number of tetrazole rings is 1. The van der Waals surface area contributed by atoms with Crippen molar-refractivity contribution >= 4 is 17.4 Å². The van der Waals surface area contributed by atoms with Crippen molar-refractivity contribution in [2.24, 2.45) is 0 Å². The Labute approximate surface area is 212 Å². The lowest BCUT2D eigenvalue weighted by Gasteiger charge is -2.16. The molecule has 0 aliphatic carbocycles. The van der Waals surface area contributed by atoms with Crippen LogP contribution in [0.4, 0.5) is 14.6 Å². The zero-order valence-corrected chi connectivity index (χ0v) is 20.0. The summed E-state index contributed by atoms with van der Waals surface area (Å²) in [5.41, 5.74) is 7.54. The summed E-state index contributed by atoms with van der Waals surface area (Å²) >= 11 is 6.09. The van der Waals surface area contributed by atoms with Crippen LogP contribution in [-0.4, -0.2) is 39.7 Å². The predicted octanol–water partition coefficient (Wildman–Crippen LogP) is 3.89. The third-order valence-electron chi connectivity index (χ3n) is 6.53. The summed E-state index contributed by atoms with van der Waals surface area (Å²) in [6.45, 7) is 1.98. The molecule has 1 aliphatic rings. The Kier molecular flexibility index (Phi) is 5.33. The third-order valence-corrected chi connectivity index (χ3v) is 6.82. The van der Waals surface area contributed by atoms with Gasteiger partial charge in [0.05, 0.1) is 34.2 Å². The predicted molar refractivity (Wildman–Crippen MR) is 131 cm³/mol. The number of pyridine rings is 2. The van der Waals surface area contributed by atoms with E-state index in [2.05, 4.69) is 30.5 Å². The van der Waals surface area contributed by atoms with Gasteiger partial charge in [-0.1, -0.05) is 18.5 Å². The number of nitrogens with one attached hydrogen (secondary N) is 1. The second-order valence-corrected chi connectivity index (χ2v) is 9.21. The van der Waals surface area contributed by atoms with Crippen LogP contribution in [0, 0.1) is 11.8 Å². The average molecular weight is 522 g/mol. The maximum atomic E-state index is 15.3. The Balaban J connectivity index is 1.44. The van der Waals surface area contributed by atoms with Crippen molar-refractivity contribution in [2.75, 3.05) is 5.73 Å². The SMILES string of the molecule is C[C@H]1C[C@@H](c2cnc(-c3ccc(N)nc3F)[nH]2)n2c1cc(-c1c(-n3cnnn3)ccc(Cl)c1F)cc2=O. The number of anilines is 1. The van der Waals surface area contributed by atoms with Crippen molar-refractivity contribution < 1.29 is 8.78 Å². The second-order valence-electron chi connectivity index (χ2n) is 8.80. The quantitative estimate of drug-likeness (QED) is 0.343. The fourth-order valence-corrected chi connectivity index (χ4v) is 4.99. The number of fused-ring (bicyclic) bond motifs is 1. The minimum Gasteiger partial charge on any atom is -0.384 e. The van der Waals surface area contributed by atoms with Gasteiger partial charge in [-0.15, -0.1) is 5.10 Å². The molecule has 0 saturated carbocycles. The van der Waals surface area contributed by atoms with Gasteiger partial charge in [0.25, 0.3) is 5.56 Å². The lowest BCUT2D eigenvalue weighted by Crippen LogP contribution is -2.23. The summed E-state index contributed by atoms with van der Waals surface area (Å²) in [5.74, 6) is -1.13. The van der Waals surface area contributed by atoms with Crippen LogP contribution in [0.2, 0.25) is 5.02 Å². The van der Waals surface area contributed by atoms with Crippen LogP contribution in [0.3, 0.4) is 0 Å². The summed E-state index contributed by atoms with van der Waals surface area (Å²) < 4.78 is 32.6. The number of aromatic nitrogens is 8. The molecule has 10 nitrogen and oxygen atoms in total. The minimum absolute atomic E-state index is 0.0435. The number of rotatable bonds is 4. The van der Waals surface area contributed by atoms with E-state index in [9.17, 15) is 9.18 Å². The lowest BCUT2D eigenvalue weighted by atomic mass is 9.99. The second kappa shape index (κ2) is 8.59. The van der Waals surface area contributed by atoms with Gasteiger partial charge in [0.1, 0.15) is 18.0 Å². The molecule has 37 heavy (non-hydrogen) atoms. The normalized spacial score (nSPS) is 16.8. The third kappa shape index (κ3) is 3.76. The van der Waals surface area contributed by atoms with Gasteiger partial charge in [0.15, 0.2) is 5.82 Å². The molecule has 1 aromatic carbocycles. The van der Waals surface area contributed by atoms with E-state index in [0.717, 1.165) is 0 Å². The topological polar surface area (TPSA) is 133 Å². The molecular formula is C24H18ClF2N9O. The molecule has 0 bridgehead atoms. The number of nitrogens with two attached hydrogens (primary N) is 1.